The van der Waals surface area contributed by atoms with Crippen molar-refractivity contribution in [3.8, 4) is 6.07 Å². The predicted octanol–water partition coefficient (Wildman–Crippen LogP) is 2.51. The quantitative estimate of drug-likeness (QED) is 0.844. The number of hydrogen-bond donors (Lipinski definition) is 1. The zero-order chi connectivity index (χ0) is 14.4. The van der Waals surface area contributed by atoms with Gasteiger partial charge in [-0.1, -0.05) is 0 Å². The standard InChI is InChI=1S/C14H17N3O2/c1-10(8-15)9-17(3)14(19)16-13-6-4-12(5-7-13)11(2)18/h4-7,10H,9H2,1-3H3,(H,16,19). The second-order valence-electron chi connectivity index (χ2n) is 4.47. The summed E-state index contributed by atoms with van der Waals surface area (Å²) in [7, 11) is 1.63. The minimum atomic E-state index is -0.280. The van der Waals surface area contributed by atoms with Crippen molar-refractivity contribution in [2.45, 2.75) is 13.8 Å². The number of rotatable bonds is 4. The SMILES string of the molecule is CC(=O)c1ccc(NC(=O)N(C)CC(C)C#N)cc1. The molecule has 1 atom stereocenters. The van der Waals surface area contributed by atoms with E-state index in [0.717, 1.165) is 0 Å². The Labute approximate surface area is 112 Å². The number of carbonyl (C=O) groups excluding carboxylic acids is 2. The molecule has 1 rings (SSSR count). The lowest BCUT2D eigenvalue weighted by Gasteiger charge is -2.18. The van der Waals surface area contributed by atoms with Crippen LogP contribution >= 0.6 is 0 Å². The number of nitrogens with one attached hydrogen (secondary N) is 1. The molecule has 19 heavy (non-hydrogen) atoms. The van der Waals surface area contributed by atoms with Crippen LogP contribution in [-0.4, -0.2) is 30.3 Å². The zero-order valence-corrected chi connectivity index (χ0v) is 11.3. The van der Waals surface area contributed by atoms with E-state index in [1.165, 1.54) is 11.8 Å². The smallest absolute Gasteiger partial charge is 0.321 e. The highest BCUT2D eigenvalue weighted by molar-refractivity contribution is 5.95. The van der Waals surface area contributed by atoms with E-state index >= 15 is 0 Å². The highest BCUT2D eigenvalue weighted by atomic mass is 16.2. The minimum Gasteiger partial charge on any atom is -0.326 e. The molecule has 1 aromatic carbocycles. The van der Waals surface area contributed by atoms with Gasteiger partial charge in [0.2, 0.25) is 0 Å². The molecule has 0 aromatic heterocycles. The van der Waals surface area contributed by atoms with E-state index in [1.807, 2.05) is 0 Å². The topological polar surface area (TPSA) is 73.2 Å². The Balaban J connectivity index is 2.62. The van der Waals surface area contributed by atoms with E-state index in [4.69, 9.17) is 5.26 Å². The summed E-state index contributed by atoms with van der Waals surface area (Å²) in [5.74, 6) is -0.228. The average Bonchev–Trinajstić information content (AvgIpc) is 2.38. The molecular formula is C14H17N3O2. The fourth-order valence-corrected chi connectivity index (χ4v) is 1.54. The van der Waals surface area contributed by atoms with Gasteiger partial charge in [-0.15, -0.1) is 0 Å². The Kier molecular flexibility index (Phi) is 5.07. The molecule has 5 nitrogen and oxygen atoms in total. The van der Waals surface area contributed by atoms with Gasteiger partial charge in [0.1, 0.15) is 0 Å². The third-order valence-corrected chi connectivity index (χ3v) is 2.66. The molecule has 5 heteroatoms. The number of anilines is 1. The number of hydrogen-bond acceptors (Lipinski definition) is 3. The molecule has 0 aliphatic heterocycles. The van der Waals surface area contributed by atoms with Gasteiger partial charge in [0, 0.05) is 24.8 Å². The minimum absolute atomic E-state index is 0.0159. The molecule has 0 radical (unpaired) electrons. The van der Waals surface area contributed by atoms with E-state index < -0.39 is 0 Å². The van der Waals surface area contributed by atoms with Gasteiger partial charge >= 0.3 is 6.03 Å². The normalized spacial score (nSPS) is 11.3. The third kappa shape index (κ3) is 4.43. The number of carbonyl (C=O) groups is 2. The van der Waals surface area contributed by atoms with E-state index in [9.17, 15) is 9.59 Å². The van der Waals surface area contributed by atoms with Gasteiger partial charge in [0.15, 0.2) is 5.78 Å². The summed E-state index contributed by atoms with van der Waals surface area (Å²) < 4.78 is 0. The second kappa shape index (κ2) is 6.55. The van der Waals surface area contributed by atoms with Crippen LogP contribution in [0.3, 0.4) is 0 Å². The summed E-state index contributed by atoms with van der Waals surface area (Å²) in [6, 6.07) is 8.47. The maximum absolute atomic E-state index is 11.8. The number of amides is 2. The first-order valence-corrected chi connectivity index (χ1v) is 5.96. The molecule has 0 saturated carbocycles. The number of nitrogens with zero attached hydrogens (tertiary/aromatic N) is 2. The van der Waals surface area contributed by atoms with Crippen LogP contribution in [-0.2, 0) is 0 Å². The van der Waals surface area contributed by atoms with Gasteiger partial charge in [-0.3, -0.25) is 4.79 Å². The second-order valence-corrected chi connectivity index (χ2v) is 4.47. The van der Waals surface area contributed by atoms with Gasteiger partial charge in [0.25, 0.3) is 0 Å². The van der Waals surface area contributed by atoms with E-state index in [0.29, 0.717) is 17.8 Å². The van der Waals surface area contributed by atoms with Crippen molar-refractivity contribution in [1.29, 1.82) is 5.26 Å². The van der Waals surface area contributed by atoms with Gasteiger partial charge in [-0.2, -0.15) is 5.26 Å². The predicted molar refractivity (Wildman–Crippen MR) is 72.9 cm³/mol. The Hall–Kier alpha value is -2.35. The number of benzene rings is 1. The van der Waals surface area contributed by atoms with E-state index in [-0.39, 0.29) is 17.7 Å². The molecule has 1 N–H and O–H groups in total. The molecule has 2 amide bonds. The van der Waals surface area contributed by atoms with Crippen LogP contribution in [0.1, 0.15) is 24.2 Å². The van der Waals surface area contributed by atoms with Crippen molar-refractivity contribution in [2.75, 3.05) is 18.9 Å². The summed E-state index contributed by atoms with van der Waals surface area (Å²) in [5.41, 5.74) is 1.22. The summed E-state index contributed by atoms with van der Waals surface area (Å²) in [6.07, 6.45) is 0. The lowest BCUT2D eigenvalue weighted by Crippen LogP contribution is -2.34. The Morgan fingerprint density at radius 3 is 2.42 bits per heavy atom. The first-order valence-electron chi connectivity index (χ1n) is 5.96. The van der Waals surface area contributed by atoms with Crippen LogP contribution in [0.4, 0.5) is 10.5 Å². The van der Waals surface area contributed by atoms with Crippen molar-refractivity contribution < 1.29 is 9.59 Å². The summed E-state index contributed by atoms with van der Waals surface area (Å²) in [5, 5.41) is 11.4. The Morgan fingerprint density at radius 2 is 1.95 bits per heavy atom. The molecule has 0 bridgehead atoms. The van der Waals surface area contributed by atoms with Crippen LogP contribution < -0.4 is 5.32 Å². The molecule has 1 unspecified atom stereocenters. The molecule has 0 spiro atoms. The van der Waals surface area contributed by atoms with Gasteiger partial charge in [-0.25, -0.2) is 4.79 Å². The number of ketones is 1. The third-order valence-electron chi connectivity index (χ3n) is 2.66. The van der Waals surface area contributed by atoms with Crippen LogP contribution in [0.5, 0.6) is 0 Å². The summed E-state index contributed by atoms with van der Waals surface area (Å²) in [6.45, 7) is 3.62. The monoisotopic (exact) mass is 259 g/mol. The maximum atomic E-state index is 11.8. The van der Waals surface area contributed by atoms with Crippen LogP contribution in [0.25, 0.3) is 0 Å². The fourth-order valence-electron chi connectivity index (χ4n) is 1.54. The number of urea groups is 1. The van der Waals surface area contributed by atoms with Gasteiger partial charge < -0.3 is 10.2 Å². The average molecular weight is 259 g/mol. The highest BCUT2D eigenvalue weighted by Crippen LogP contribution is 2.11. The van der Waals surface area contributed by atoms with Gasteiger partial charge in [0.05, 0.1) is 12.0 Å². The molecule has 0 fully saturated rings. The molecule has 1 aromatic rings. The van der Waals surface area contributed by atoms with Crippen molar-refractivity contribution >= 4 is 17.5 Å². The first kappa shape index (κ1) is 14.7. The van der Waals surface area contributed by atoms with Gasteiger partial charge in [-0.05, 0) is 38.1 Å². The molecule has 0 heterocycles. The molecule has 0 saturated heterocycles. The molecule has 0 aliphatic carbocycles. The van der Waals surface area contributed by atoms with Crippen molar-refractivity contribution in [3.63, 3.8) is 0 Å². The molecular weight excluding hydrogens is 242 g/mol. The zero-order valence-electron chi connectivity index (χ0n) is 11.3. The number of Topliss-reactive ketones (excluding diaryl/α,β-unsaturated/α-hetero) is 1. The summed E-state index contributed by atoms with van der Waals surface area (Å²) >= 11 is 0. The Bertz CT molecular complexity index is 502. The van der Waals surface area contributed by atoms with Crippen LogP contribution in [0, 0.1) is 17.2 Å². The molecule has 100 valence electrons. The van der Waals surface area contributed by atoms with Crippen molar-refractivity contribution in [3.05, 3.63) is 29.8 Å². The highest BCUT2D eigenvalue weighted by Gasteiger charge is 2.12. The van der Waals surface area contributed by atoms with Crippen molar-refractivity contribution in [1.82, 2.24) is 4.90 Å². The summed E-state index contributed by atoms with van der Waals surface area (Å²) in [4.78, 5) is 24.4. The fraction of sp³-hybridized carbons (Fsp3) is 0.357. The Morgan fingerprint density at radius 1 is 1.37 bits per heavy atom. The van der Waals surface area contributed by atoms with Crippen LogP contribution in [0.15, 0.2) is 24.3 Å². The van der Waals surface area contributed by atoms with E-state index in [1.54, 1.807) is 38.2 Å². The van der Waals surface area contributed by atoms with Crippen LogP contribution in [0.2, 0.25) is 0 Å². The largest absolute Gasteiger partial charge is 0.326 e. The molecule has 0 aliphatic rings. The number of nitriles is 1. The van der Waals surface area contributed by atoms with Crippen molar-refractivity contribution in [2.24, 2.45) is 5.92 Å². The first-order chi connectivity index (χ1) is 8.93. The van der Waals surface area contributed by atoms with E-state index in [2.05, 4.69) is 11.4 Å². The lowest BCUT2D eigenvalue weighted by molar-refractivity contribution is 0.101. The lowest BCUT2D eigenvalue weighted by atomic mass is 10.1. The maximum Gasteiger partial charge on any atom is 0.321 e.